The fraction of sp³-hybridized carbons (Fsp3) is 0.529. The molecule has 148 valence electrons. The molecule has 0 saturated heterocycles. The number of hydrogen-bond donors (Lipinski definition) is 2. The highest BCUT2D eigenvalue weighted by Gasteiger charge is 2.15. The van der Waals surface area contributed by atoms with Crippen molar-refractivity contribution in [3.05, 3.63) is 29.8 Å². The molecule has 2 N–H and O–H groups in total. The molecule has 0 bridgehead atoms. The van der Waals surface area contributed by atoms with Crippen LogP contribution < -0.4 is 15.4 Å². The lowest BCUT2D eigenvalue weighted by Crippen LogP contribution is -2.40. The van der Waals surface area contributed by atoms with E-state index in [-0.39, 0.29) is 42.9 Å². The summed E-state index contributed by atoms with van der Waals surface area (Å²) in [7, 11) is 0. The van der Waals surface area contributed by atoms with Crippen LogP contribution in [0.2, 0.25) is 0 Å². The highest BCUT2D eigenvalue weighted by molar-refractivity contribution is 14.0. The zero-order valence-corrected chi connectivity index (χ0v) is 17.7. The van der Waals surface area contributed by atoms with E-state index in [1.807, 2.05) is 6.92 Å². The third-order valence-electron chi connectivity index (χ3n) is 2.68. The van der Waals surface area contributed by atoms with Gasteiger partial charge in [0, 0.05) is 12.6 Å². The van der Waals surface area contributed by atoms with Gasteiger partial charge in [-0.3, -0.25) is 4.79 Å². The maximum atomic E-state index is 13.4. The molecule has 1 aromatic rings. The summed E-state index contributed by atoms with van der Waals surface area (Å²) in [6.07, 6.45) is 0. The second-order valence-electron chi connectivity index (χ2n) is 6.13. The lowest BCUT2D eigenvalue weighted by Gasteiger charge is -2.19. The van der Waals surface area contributed by atoms with Crippen LogP contribution in [0.5, 0.6) is 5.75 Å². The Balaban J connectivity index is 0.00000625. The van der Waals surface area contributed by atoms with E-state index in [1.165, 1.54) is 6.07 Å². The number of benzene rings is 1. The minimum atomic E-state index is -0.759. The quantitative estimate of drug-likeness (QED) is 0.204. The van der Waals surface area contributed by atoms with Gasteiger partial charge in [0.2, 0.25) is 0 Å². The maximum Gasteiger partial charge on any atom is 0.328 e. The average molecular weight is 485 g/mol. The molecule has 0 aromatic heterocycles. The normalized spacial score (nSPS) is 11.4. The summed E-state index contributed by atoms with van der Waals surface area (Å²) in [6.45, 7) is 8.16. The van der Waals surface area contributed by atoms with Crippen molar-refractivity contribution in [2.24, 2.45) is 4.99 Å². The first-order valence-electron chi connectivity index (χ1n) is 8.03. The van der Waals surface area contributed by atoms with Crippen molar-refractivity contribution in [3.63, 3.8) is 0 Å². The minimum Gasteiger partial charge on any atom is -0.489 e. The standard InChI is InChI=1S/C17H25F2N3O3.HI/c1-5-20-16(22-11-15(23)25-17(2,3)4)21-8-9-24-14-7-6-12(18)10-13(14)19;/h6-7,10H,5,8-9,11H2,1-4H3,(H2,20,21,22);1H. The predicted octanol–water partition coefficient (Wildman–Crippen LogP) is 2.86. The van der Waals surface area contributed by atoms with Gasteiger partial charge in [0.1, 0.15) is 24.6 Å². The summed E-state index contributed by atoms with van der Waals surface area (Å²) in [5, 5.41) is 5.92. The number of halogens is 3. The summed E-state index contributed by atoms with van der Waals surface area (Å²) < 4.78 is 36.6. The Morgan fingerprint density at radius 3 is 2.50 bits per heavy atom. The molecule has 1 aromatic carbocycles. The van der Waals surface area contributed by atoms with Crippen molar-refractivity contribution in [2.45, 2.75) is 33.3 Å². The van der Waals surface area contributed by atoms with Crippen LogP contribution in [0, 0.1) is 11.6 Å². The molecule has 0 unspecified atom stereocenters. The number of guanidine groups is 1. The molecule has 0 fully saturated rings. The topological polar surface area (TPSA) is 72.0 Å². The predicted molar refractivity (Wildman–Crippen MR) is 107 cm³/mol. The lowest BCUT2D eigenvalue weighted by atomic mass is 10.2. The smallest absolute Gasteiger partial charge is 0.328 e. The van der Waals surface area contributed by atoms with Gasteiger partial charge in [-0.05, 0) is 39.8 Å². The molecular weight excluding hydrogens is 459 g/mol. The van der Waals surface area contributed by atoms with E-state index in [9.17, 15) is 13.6 Å². The van der Waals surface area contributed by atoms with E-state index in [0.29, 0.717) is 19.0 Å². The number of nitrogens with one attached hydrogen (secondary N) is 2. The van der Waals surface area contributed by atoms with E-state index < -0.39 is 23.2 Å². The monoisotopic (exact) mass is 485 g/mol. The van der Waals surface area contributed by atoms with Crippen molar-refractivity contribution in [3.8, 4) is 5.75 Å². The number of aliphatic imine (C=N–C) groups is 1. The first-order chi connectivity index (χ1) is 11.7. The summed E-state index contributed by atoms with van der Waals surface area (Å²) in [4.78, 5) is 15.8. The van der Waals surface area contributed by atoms with Crippen LogP contribution in [0.15, 0.2) is 23.2 Å². The zero-order valence-electron chi connectivity index (χ0n) is 15.4. The van der Waals surface area contributed by atoms with Crippen LogP contribution in [0.4, 0.5) is 8.78 Å². The van der Waals surface area contributed by atoms with Crippen LogP contribution in [0.25, 0.3) is 0 Å². The first-order valence-corrected chi connectivity index (χ1v) is 8.03. The van der Waals surface area contributed by atoms with Crippen LogP contribution in [0.3, 0.4) is 0 Å². The number of carbonyl (C=O) groups excluding carboxylic acids is 1. The molecule has 0 saturated carbocycles. The van der Waals surface area contributed by atoms with Crippen LogP contribution in [-0.4, -0.2) is 43.8 Å². The molecule has 1 rings (SSSR count). The van der Waals surface area contributed by atoms with Crippen LogP contribution in [-0.2, 0) is 9.53 Å². The highest BCUT2D eigenvalue weighted by Crippen LogP contribution is 2.17. The van der Waals surface area contributed by atoms with Gasteiger partial charge in [-0.2, -0.15) is 0 Å². The molecule has 0 atom stereocenters. The highest BCUT2D eigenvalue weighted by atomic mass is 127. The Bertz CT molecular complexity index is 607. The zero-order chi connectivity index (χ0) is 18.9. The largest absolute Gasteiger partial charge is 0.489 e. The molecule has 0 aliphatic carbocycles. The fourth-order valence-electron chi connectivity index (χ4n) is 1.78. The summed E-state index contributed by atoms with van der Waals surface area (Å²) in [6, 6.07) is 3.11. The third-order valence-corrected chi connectivity index (χ3v) is 2.68. The Morgan fingerprint density at radius 2 is 1.92 bits per heavy atom. The average Bonchev–Trinajstić information content (AvgIpc) is 2.49. The number of esters is 1. The van der Waals surface area contributed by atoms with E-state index in [2.05, 4.69) is 15.6 Å². The summed E-state index contributed by atoms with van der Waals surface area (Å²) in [5.41, 5.74) is -0.564. The van der Waals surface area contributed by atoms with E-state index >= 15 is 0 Å². The molecule has 0 radical (unpaired) electrons. The molecule has 0 amide bonds. The fourth-order valence-corrected chi connectivity index (χ4v) is 1.78. The molecule has 9 heteroatoms. The van der Waals surface area contributed by atoms with Gasteiger partial charge in [-0.25, -0.2) is 13.8 Å². The summed E-state index contributed by atoms with van der Waals surface area (Å²) in [5.74, 6) is -1.47. The molecule has 26 heavy (non-hydrogen) atoms. The second-order valence-corrected chi connectivity index (χ2v) is 6.13. The Kier molecular flexibility index (Phi) is 11.1. The van der Waals surface area contributed by atoms with Gasteiger partial charge < -0.3 is 20.1 Å². The van der Waals surface area contributed by atoms with Crippen molar-refractivity contribution < 1.29 is 23.0 Å². The van der Waals surface area contributed by atoms with Crippen molar-refractivity contribution in [2.75, 3.05) is 26.2 Å². The number of hydrogen-bond acceptors (Lipinski definition) is 4. The Hall–Kier alpha value is -1.65. The number of carbonyl (C=O) groups is 1. The van der Waals surface area contributed by atoms with Crippen molar-refractivity contribution >= 4 is 35.9 Å². The molecule has 0 aliphatic heterocycles. The molecular formula is C17H26F2IN3O3. The number of nitrogens with zero attached hydrogens (tertiary/aromatic N) is 1. The van der Waals surface area contributed by atoms with Gasteiger partial charge >= 0.3 is 5.97 Å². The van der Waals surface area contributed by atoms with Gasteiger partial charge in [-0.15, -0.1) is 24.0 Å². The van der Waals surface area contributed by atoms with Crippen LogP contribution >= 0.6 is 24.0 Å². The van der Waals surface area contributed by atoms with Crippen molar-refractivity contribution in [1.82, 2.24) is 10.6 Å². The van der Waals surface area contributed by atoms with Gasteiger partial charge in [-0.1, -0.05) is 0 Å². The third kappa shape index (κ3) is 10.4. The molecule has 0 spiro atoms. The Labute approximate surface area is 169 Å². The van der Waals surface area contributed by atoms with Crippen LogP contribution in [0.1, 0.15) is 27.7 Å². The lowest BCUT2D eigenvalue weighted by molar-refractivity contribution is -0.152. The number of ether oxygens (including phenoxy) is 2. The van der Waals surface area contributed by atoms with Gasteiger partial charge in [0.25, 0.3) is 0 Å². The molecule has 0 aliphatic rings. The van der Waals surface area contributed by atoms with Gasteiger partial charge in [0.05, 0.1) is 6.54 Å². The molecule has 0 heterocycles. The summed E-state index contributed by atoms with van der Waals surface area (Å²) >= 11 is 0. The van der Waals surface area contributed by atoms with E-state index in [4.69, 9.17) is 9.47 Å². The van der Waals surface area contributed by atoms with E-state index in [1.54, 1.807) is 20.8 Å². The van der Waals surface area contributed by atoms with E-state index in [0.717, 1.165) is 12.1 Å². The van der Waals surface area contributed by atoms with Gasteiger partial charge in [0.15, 0.2) is 17.5 Å². The molecule has 6 nitrogen and oxygen atoms in total. The Morgan fingerprint density at radius 1 is 1.23 bits per heavy atom. The minimum absolute atomic E-state index is 0. The SMILES string of the molecule is CCNC(=NCC(=O)OC(C)(C)C)NCCOc1ccc(F)cc1F.I. The number of rotatable bonds is 7. The first kappa shape index (κ1) is 24.4. The van der Waals surface area contributed by atoms with Crippen molar-refractivity contribution in [1.29, 1.82) is 0 Å². The second kappa shape index (κ2) is 11.9. The maximum absolute atomic E-state index is 13.4.